The summed E-state index contributed by atoms with van der Waals surface area (Å²) in [7, 11) is -3.27. The minimum absolute atomic E-state index is 0.398. The summed E-state index contributed by atoms with van der Waals surface area (Å²) < 4.78 is 27.1. The van der Waals surface area contributed by atoms with Gasteiger partial charge < -0.3 is 0 Å². The molecule has 2 fully saturated rings. The largest absolute Gasteiger partial charge is 0.270 e. The molecular weight excluding hydrogens is 284 g/mol. The first kappa shape index (κ1) is 17.3. The second-order valence-electron chi connectivity index (χ2n) is 7.34. The van der Waals surface area contributed by atoms with Crippen molar-refractivity contribution in [3.05, 3.63) is 0 Å². The highest BCUT2D eigenvalue weighted by atomic mass is 32.2. The van der Waals surface area contributed by atoms with Crippen LogP contribution in [0.5, 0.6) is 0 Å². The minimum Gasteiger partial charge on any atom is -0.270 e. The Balaban J connectivity index is 1.67. The summed E-state index contributed by atoms with van der Waals surface area (Å²) in [4.78, 5) is 0. The number of hydrogen-bond donors (Lipinski definition) is 0. The lowest BCUT2D eigenvalue weighted by atomic mass is 9.69. The highest BCUT2D eigenvalue weighted by molar-refractivity contribution is 7.85. The van der Waals surface area contributed by atoms with Crippen LogP contribution >= 0.6 is 0 Å². The first-order valence-electron chi connectivity index (χ1n) is 8.82. The predicted octanol–water partition coefficient (Wildman–Crippen LogP) is 4.38. The molecule has 0 bridgehead atoms. The molecule has 0 aliphatic heterocycles. The van der Waals surface area contributed by atoms with Crippen LogP contribution in [0.15, 0.2) is 0 Å². The zero-order valence-electron chi connectivity index (χ0n) is 13.7. The molecule has 2 aliphatic carbocycles. The van der Waals surface area contributed by atoms with Crippen LogP contribution < -0.4 is 0 Å². The lowest BCUT2D eigenvalue weighted by molar-refractivity contribution is 0.124. The Labute approximate surface area is 131 Å². The zero-order chi connectivity index (χ0) is 15.3. The van der Waals surface area contributed by atoms with E-state index >= 15 is 0 Å². The number of hydrogen-bond acceptors (Lipinski definition) is 3. The van der Waals surface area contributed by atoms with Gasteiger partial charge in [0.25, 0.3) is 10.1 Å². The second-order valence-corrected chi connectivity index (χ2v) is 8.98. The molecule has 4 heteroatoms. The Morgan fingerprint density at radius 1 is 0.857 bits per heavy atom. The molecule has 0 aromatic carbocycles. The van der Waals surface area contributed by atoms with E-state index in [2.05, 4.69) is 6.92 Å². The predicted molar refractivity (Wildman–Crippen MR) is 86.6 cm³/mol. The molecule has 0 radical (unpaired) electrons. The Bertz CT molecular complexity index is 388. The molecule has 0 N–H and O–H groups in total. The first-order valence-corrected chi connectivity index (χ1v) is 10.6. The van der Waals surface area contributed by atoms with Crippen molar-refractivity contribution in [3.63, 3.8) is 0 Å². The molecule has 2 rings (SSSR count). The first-order chi connectivity index (χ1) is 9.98. The molecule has 2 saturated carbocycles. The summed E-state index contributed by atoms with van der Waals surface area (Å²) in [6.07, 6.45) is 14.5. The summed E-state index contributed by atoms with van der Waals surface area (Å²) in [5, 5.41) is 0. The van der Waals surface area contributed by atoms with Gasteiger partial charge in [-0.05, 0) is 62.2 Å². The quantitative estimate of drug-likeness (QED) is 0.683. The van der Waals surface area contributed by atoms with Gasteiger partial charge in [0.2, 0.25) is 0 Å². The molecule has 0 atom stereocenters. The van der Waals surface area contributed by atoms with Gasteiger partial charge in [0, 0.05) is 0 Å². The maximum atomic E-state index is 11.0. The molecule has 0 saturated heterocycles. The van der Waals surface area contributed by atoms with Crippen molar-refractivity contribution >= 4 is 10.1 Å². The van der Waals surface area contributed by atoms with Crippen LogP contribution in [0.4, 0.5) is 0 Å². The van der Waals surface area contributed by atoms with Crippen LogP contribution in [0.2, 0.25) is 0 Å². The molecule has 21 heavy (non-hydrogen) atoms. The van der Waals surface area contributed by atoms with Gasteiger partial charge in [-0.25, -0.2) is 0 Å². The molecule has 0 spiro atoms. The lowest BCUT2D eigenvalue weighted by Crippen LogP contribution is -2.27. The van der Waals surface area contributed by atoms with Crippen molar-refractivity contribution in [3.8, 4) is 0 Å². The fourth-order valence-electron chi connectivity index (χ4n) is 4.40. The van der Waals surface area contributed by atoms with E-state index in [9.17, 15) is 8.42 Å². The van der Waals surface area contributed by atoms with E-state index in [-0.39, 0.29) is 0 Å². The van der Waals surface area contributed by atoms with Crippen molar-refractivity contribution in [2.24, 2.45) is 23.7 Å². The van der Waals surface area contributed by atoms with Gasteiger partial charge >= 0.3 is 0 Å². The third kappa shape index (κ3) is 5.90. The monoisotopic (exact) mass is 316 g/mol. The average molecular weight is 317 g/mol. The second kappa shape index (κ2) is 7.96. The molecule has 0 amide bonds. The van der Waals surface area contributed by atoms with E-state index in [0.717, 1.165) is 36.9 Å². The van der Waals surface area contributed by atoms with Gasteiger partial charge in [-0.2, -0.15) is 8.42 Å². The van der Waals surface area contributed by atoms with Crippen LogP contribution in [0.3, 0.4) is 0 Å². The van der Waals surface area contributed by atoms with E-state index in [1.54, 1.807) is 0 Å². The topological polar surface area (TPSA) is 43.4 Å². The molecular formula is C17H32O3S. The summed E-state index contributed by atoms with van der Waals surface area (Å²) >= 11 is 0. The van der Waals surface area contributed by atoms with Crippen LogP contribution in [-0.4, -0.2) is 21.3 Å². The maximum absolute atomic E-state index is 11.0. The van der Waals surface area contributed by atoms with Crippen molar-refractivity contribution < 1.29 is 12.6 Å². The number of rotatable bonds is 6. The third-order valence-corrected chi connectivity index (χ3v) is 6.23. The van der Waals surface area contributed by atoms with Gasteiger partial charge in [-0.1, -0.05) is 32.6 Å². The Hall–Kier alpha value is -0.0900. The van der Waals surface area contributed by atoms with E-state index in [0.29, 0.717) is 12.5 Å². The van der Waals surface area contributed by atoms with Gasteiger partial charge in [0.05, 0.1) is 12.9 Å². The van der Waals surface area contributed by atoms with Crippen molar-refractivity contribution in [1.82, 2.24) is 0 Å². The fourth-order valence-corrected chi connectivity index (χ4v) is 4.84. The van der Waals surface area contributed by atoms with Gasteiger partial charge in [-0.3, -0.25) is 4.18 Å². The normalized spacial score (nSPS) is 34.8. The zero-order valence-corrected chi connectivity index (χ0v) is 14.5. The molecule has 0 heterocycles. The van der Waals surface area contributed by atoms with Crippen LogP contribution in [0, 0.1) is 23.7 Å². The molecule has 0 aromatic rings. The summed E-state index contributed by atoms with van der Waals surface area (Å²) in [5.74, 6) is 3.27. The molecule has 124 valence electrons. The van der Waals surface area contributed by atoms with Crippen molar-refractivity contribution in [2.45, 2.75) is 71.1 Å². The van der Waals surface area contributed by atoms with Gasteiger partial charge in [0.15, 0.2) is 0 Å². The smallest absolute Gasteiger partial charge is 0.264 e. The van der Waals surface area contributed by atoms with Crippen molar-refractivity contribution in [2.75, 3.05) is 12.9 Å². The minimum atomic E-state index is -3.27. The standard InChI is InChI=1S/C17H32O3S/c1-3-4-14-5-9-16(10-6-14)17-11-7-15(8-12-17)13-20-21(2,18)19/h14-17H,3-13H2,1-2H3. The average Bonchev–Trinajstić information content (AvgIpc) is 2.46. The van der Waals surface area contributed by atoms with E-state index < -0.39 is 10.1 Å². The molecule has 2 aliphatic rings. The van der Waals surface area contributed by atoms with Gasteiger partial charge in [0.1, 0.15) is 0 Å². The van der Waals surface area contributed by atoms with Gasteiger partial charge in [-0.15, -0.1) is 0 Å². The summed E-state index contributed by atoms with van der Waals surface area (Å²) in [5.41, 5.74) is 0. The SMILES string of the molecule is CCCC1CCC(C2CCC(COS(C)(=O)=O)CC2)CC1. The molecule has 0 unspecified atom stereocenters. The highest BCUT2D eigenvalue weighted by Gasteiger charge is 2.30. The lowest BCUT2D eigenvalue weighted by Gasteiger charge is -2.37. The van der Waals surface area contributed by atoms with Crippen LogP contribution in [-0.2, 0) is 14.3 Å². The Morgan fingerprint density at radius 3 is 1.76 bits per heavy atom. The summed E-state index contributed by atoms with van der Waals surface area (Å²) in [6.45, 7) is 2.70. The highest BCUT2D eigenvalue weighted by Crippen LogP contribution is 2.42. The Kier molecular flexibility index (Phi) is 6.54. The van der Waals surface area contributed by atoms with E-state index in [1.807, 2.05) is 0 Å². The van der Waals surface area contributed by atoms with E-state index in [4.69, 9.17) is 4.18 Å². The van der Waals surface area contributed by atoms with E-state index in [1.165, 1.54) is 51.4 Å². The fraction of sp³-hybridized carbons (Fsp3) is 1.00. The summed E-state index contributed by atoms with van der Waals surface area (Å²) in [6, 6.07) is 0. The van der Waals surface area contributed by atoms with Crippen molar-refractivity contribution in [1.29, 1.82) is 0 Å². The third-order valence-electron chi connectivity index (χ3n) is 5.66. The Morgan fingerprint density at radius 2 is 1.33 bits per heavy atom. The van der Waals surface area contributed by atoms with Crippen LogP contribution in [0.25, 0.3) is 0 Å². The molecule has 3 nitrogen and oxygen atoms in total. The maximum Gasteiger partial charge on any atom is 0.264 e. The van der Waals surface area contributed by atoms with Crippen LogP contribution in [0.1, 0.15) is 71.1 Å². The molecule has 0 aromatic heterocycles.